The van der Waals surface area contributed by atoms with Gasteiger partial charge in [-0.05, 0) is 56.3 Å². The van der Waals surface area contributed by atoms with Crippen LogP contribution < -0.4 is 4.74 Å². The number of halogens is 1. The van der Waals surface area contributed by atoms with Gasteiger partial charge in [-0.15, -0.1) is 0 Å². The molecule has 204 valence electrons. The second kappa shape index (κ2) is 12.0. The summed E-state index contributed by atoms with van der Waals surface area (Å²) in [5.41, 5.74) is 5.46. The van der Waals surface area contributed by atoms with Crippen molar-refractivity contribution >= 4 is 11.6 Å². The summed E-state index contributed by atoms with van der Waals surface area (Å²) < 4.78 is 19.8. The van der Waals surface area contributed by atoms with Gasteiger partial charge in [-0.25, -0.2) is 13.9 Å². The molecule has 0 radical (unpaired) electrons. The summed E-state index contributed by atoms with van der Waals surface area (Å²) in [6.07, 6.45) is 0.103. The van der Waals surface area contributed by atoms with Gasteiger partial charge < -0.3 is 14.7 Å². The quantitative estimate of drug-likeness (QED) is 0.229. The molecule has 3 aromatic carbocycles. The number of ether oxygens (including phenoxy) is 1. The number of hydrogen-bond donors (Lipinski definition) is 1. The van der Waals surface area contributed by atoms with E-state index in [1.165, 1.54) is 0 Å². The molecule has 2 aromatic heterocycles. The van der Waals surface area contributed by atoms with Gasteiger partial charge in [-0.2, -0.15) is 5.10 Å². The van der Waals surface area contributed by atoms with Crippen molar-refractivity contribution in [1.29, 1.82) is 0 Å². The van der Waals surface area contributed by atoms with Crippen molar-refractivity contribution in [1.82, 2.24) is 19.5 Å². The second-order valence-corrected chi connectivity index (χ2v) is 9.28. The minimum absolute atomic E-state index is 0.0171. The minimum Gasteiger partial charge on any atom is -0.507 e. The molecule has 5 aromatic rings. The third-order valence-electron chi connectivity index (χ3n) is 6.85. The average molecular weight is 539 g/mol. The first-order valence-electron chi connectivity index (χ1n) is 13.4. The van der Waals surface area contributed by atoms with Crippen molar-refractivity contribution in [3.63, 3.8) is 0 Å². The largest absolute Gasteiger partial charge is 0.507 e. The summed E-state index contributed by atoms with van der Waals surface area (Å²) in [5.74, 6) is 0.638. The van der Waals surface area contributed by atoms with Gasteiger partial charge in [0.05, 0.1) is 23.5 Å². The van der Waals surface area contributed by atoms with Crippen LogP contribution in [0.1, 0.15) is 19.4 Å². The Balaban J connectivity index is 1.76. The van der Waals surface area contributed by atoms with E-state index < -0.39 is 6.67 Å². The maximum atomic E-state index is 13.4. The highest BCUT2D eigenvalue weighted by atomic mass is 19.1. The third-order valence-corrected chi connectivity index (χ3v) is 6.85. The molecule has 8 heteroatoms. The summed E-state index contributed by atoms with van der Waals surface area (Å²) in [5, 5.41) is 15.7. The summed E-state index contributed by atoms with van der Waals surface area (Å²) in [6.45, 7) is 4.51. The molecule has 0 atom stereocenters. The highest BCUT2D eigenvalue weighted by molar-refractivity contribution is 5.86. The standard InChI is InChI=1S/C32H31FN4O3/c1-3-36(4-2)30(39)20-26-31(23-14-16-24(17-15-23)40-19-18-33)35-37-28(22-10-6-5-7-11-22)21-27(34-32(26)37)25-12-8-9-13-29(25)38/h5-17,21,38H,3-4,18-20H2,1-2H3. The highest BCUT2D eigenvalue weighted by Crippen LogP contribution is 2.35. The lowest BCUT2D eigenvalue weighted by atomic mass is 10.0. The van der Waals surface area contributed by atoms with Crippen LogP contribution in [0.4, 0.5) is 4.39 Å². The molecule has 0 aliphatic carbocycles. The van der Waals surface area contributed by atoms with E-state index in [1.807, 2.05) is 74.5 Å². The second-order valence-electron chi connectivity index (χ2n) is 9.28. The molecule has 1 N–H and O–H groups in total. The number of benzene rings is 3. The third kappa shape index (κ3) is 5.38. The van der Waals surface area contributed by atoms with Crippen molar-refractivity contribution in [3.8, 4) is 45.3 Å². The molecule has 0 bridgehead atoms. The fourth-order valence-electron chi connectivity index (χ4n) is 4.80. The molecule has 5 rings (SSSR count). The number of likely N-dealkylation sites (N-methyl/N-ethyl adjacent to an activating group) is 1. The number of carbonyl (C=O) groups excluding carboxylic acids is 1. The Kier molecular flexibility index (Phi) is 8.05. The van der Waals surface area contributed by atoms with Crippen LogP contribution in [-0.4, -0.2) is 56.9 Å². The smallest absolute Gasteiger partial charge is 0.227 e. The first-order valence-corrected chi connectivity index (χ1v) is 13.4. The normalized spacial score (nSPS) is 11.1. The van der Waals surface area contributed by atoms with Crippen molar-refractivity contribution in [2.45, 2.75) is 20.3 Å². The molecule has 0 unspecified atom stereocenters. The number of rotatable bonds is 10. The molecular weight excluding hydrogens is 507 g/mol. The lowest BCUT2D eigenvalue weighted by Crippen LogP contribution is -2.31. The summed E-state index contributed by atoms with van der Waals surface area (Å²) in [6, 6.07) is 26.0. The zero-order valence-electron chi connectivity index (χ0n) is 22.5. The van der Waals surface area contributed by atoms with Gasteiger partial charge in [0.15, 0.2) is 5.65 Å². The average Bonchev–Trinajstić information content (AvgIpc) is 3.35. The van der Waals surface area contributed by atoms with Crippen LogP contribution in [0.2, 0.25) is 0 Å². The number of alkyl halides is 1. The monoisotopic (exact) mass is 538 g/mol. The zero-order chi connectivity index (χ0) is 28.1. The number of hydrogen-bond acceptors (Lipinski definition) is 5. The number of para-hydroxylation sites is 1. The SMILES string of the molecule is CCN(CC)C(=O)Cc1c(-c2ccc(OCCF)cc2)nn2c(-c3ccccc3)cc(-c3ccccc3O)nc12. The van der Waals surface area contributed by atoms with Crippen molar-refractivity contribution in [2.24, 2.45) is 0 Å². The van der Waals surface area contributed by atoms with Crippen LogP contribution >= 0.6 is 0 Å². The Labute approximate surface area is 232 Å². The predicted octanol–water partition coefficient (Wildman–Crippen LogP) is 6.20. The van der Waals surface area contributed by atoms with E-state index in [0.29, 0.717) is 47.0 Å². The van der Waals surface area contributed by atoms with E-state index in [2.05, 4.69) is 0 Å². The molecule has 2 heterocycles. The maximum Gasteiger partial charge on any atom is 0.227 e. The summed E-state index contributed by atoms with van der Waals surface area (Å²) in [4.78, 5) is 20.1. The molecule has 40 heavy (non-hydrogen) atoms. The zero-order valence-corrected chi connectivity index (χ0v) is 22.5. The van der Waals surface area contributed by atoms with Crippen LogP contribution in [0, 0.1) is 0 Å². The Hall–Kier alpha value is -4.72. The molecule has 0 saturated carbocycles. The van der Waals surface area contributed by atoms with E-state index in [4.69, 9.17) is 14.8 Å². The number of phenols is 1. The van der Waals surface area contributed by atoms with Crippen molar-refractivity contribution in [2.75, 3.05) is 26.4 Å². The number of aromatic hydroxyl groups is 1. The van der Waals surface area contributed by atoms with Gasteiger partial charge in [0.2, 0.25) is 5.91 Å². The number of aromatic nitrogens is 3. The Morgan fingerprint density at radius 2 is 1.65 bits per heavy atom. The lowest BCUT2D eigenvalue weighted by molar-refractivity contribution is -0.130. The Morgan fingerprint density at radius 3 is 2.33 bits per heavy atom. The molecule has 0 aliphatic rings. The Morgan fingerprint density at radius 1 is 0.950 bits per heavy atom. The van der Waals surface area contributed by atoms with Crippen LogP contribution in [0.15, 0.2) is 84.9 Å². The molecule has 0 fully saturated rings. The van der Waals surface area contributed by atoms with Gasteiger partial charge in [-0.1, -0.05) is 42.5 Å². The molecule has 1 amide bonds. The van der Waals surface area contributed by atoms with Crippen LogP contribution in [0.5, 0.6) is 11.5 Å². The molecular formula is C32H31FN4O3. The van der Waals surface area contributed by atoms with Gasteiger partial charge >= 0.3 is 0 Å². The number of phenolic OH excluding ortho intramolecular Hbond substituents is 1. The van der Waals surface area contributed by atoms with Crippen molar-refractivity contribution in [3.05, 3.63) is 90.5 Å². The van der Waals surface area contributed by atoms with Crippen LogP contribution in [0.3, 0.4) is 0 Å². The van der Waals surface area contributed by atoms with Crippen LogP contribution in [0.25, 0.3) is 39.4 Å². The van der Waals surface area contributed by atoms with E-state index in [9.17, 15) is 14.3 Å². The fraction of sp³-hybridized carbons (Fsp3) is 0.219. The van der Waals surface area contributed by atoms with Gasteiger partial charge in [-0.3, -0.25) is 4.79 Å². The number of carbonyl (C=O) groups is 1. The molecule has 0 spiro atoms. The van der Waals surface area contributed by atoms with Gasteiger partial charge in [0.25, 0.3) is 0 Å². The number of amides is 1. The molecule has 7 nitrogen and oxygen atoms in total. The topological polar surface area (TPSA) is 80.0 Å². The first-order chi connectivity index (χ1) is 19.5. The van der Waals surface area contributed by atoms with E-state index in [-0.39, 0.29) is 24.7 Å². The molecule has 0 aliphatic heterocycles. The molecule has 0 saturated heterocycles. The summed E-state index contributed by atoms with van der Waals surface area (Å²) >= 11 is 0. The predicted molar refractivity (Wildman–Crippen MR) is 154 cm³/mol. The lowest BCUT2D eigenvalue weighted by Gasteiger charge is -2.18. The van der Waals surface area contributed by atoms with Gasteiger partial charge in [0.1, 0.15) is 24.8 Å². The number of fused-ring (bicyclic) bond motifs is 1. The van der Waals surface area contributed by atoms with Crippen molar-refractivity contribution < 1.29 is 19.0 Å². The van der Waals surface area contributed by atoms with Gasteiger partial charge in [0, 0.05) is 35.3 Å². The highest BCUT2D eigenvalue weighted by Gasteiger charge is 2.24. The van der Waals surface area contributed by atoms with E-state index in [1.54, 1.807) is 33.7 Å². The first kappa shape index (κ1) is 26.9. The Bertz CT molecular complexity index is 1610. The number of nitrogens with zero attached hydrogens (tertiary/aromatic N) is 4. The van der Waals surface area contributed by atoms with E-state index in [0.717, 1.165) is 16.8 Å². The van der Waals surface area contributed by atoms with E-state index >= 15 is 0 Å². The summed E-state index contributed by atoms with van der Waals surface area (Å²) in [7, 11) is 0. The maximum absolute atomic E-state index is 13.4. The fourth-order valence-corrected chi connectivity index (χ4v) is 4.80. The van der Waals surface area contributed by atoms with Crippen LogP contribution in [-0.2, 0) is 11.2 Å². The minimum atomic E-state index is -0.570.